The van der Waals surface area contributed by atoms with Gasteiger partial charge in [0.05, 0.1) is 94.3 Å². The first kappa shape index (κ1) is 96.6. The number of benzene rings is 4. The van der Waals surface area contributed by atoms with Gasteiger partial charge in [-0.2, -0.15) is 0 Å². The molecule has 40 heteroatoms. The number of aromatic nitrogens is 13. The van der Waals surface area contributed by atoms with Crippen LogP contribution in [0.1, 0.15) is 129 Å². The zero-order valence-corrected chi connectivity index (χ0v) is 78.6. The summed E-state index contributed by atoms with van der Waals surface area (Å²) in [5, 5.41) is 11.0. The zero-order valence-electron chi connectivity index (χ0n) is 73.1. The van der Waals surface area contributed by atoms with Crippen LogP contribution in [0.15, 0.2) is 200 Å². The van der Waals surface area contributed by atoms with Gasteiger partial charge >= 0.3 is 0 Å². The second kappa shape index (κ2) is 42.5. The molecule has 10 aromatic heterocycles. The smallest absolute Gasteiger partial charge is 0.271 e. The highest BCUT2D eigenvalue weighted by atomic mass is 35.5. The molecular weight excluding hydrogens is 1820 g/mol. The standard InChI is InChI=1S/C26H26N6O3S.C22H19N5O2S.C19H21ClN4O3S.C12H13Cl2N3O.C7H9NO2S.C6H5N3/c1-17-28-25-21(31-20-10-4-5-11-22(20)36(3,33)34)16-19(15-18-9-8-12-23(27-2)29-18)30-26(25)32(17)24-13-6-7-14-35-24;1-14-11-18-22(24-14)19(27-17-8-4-5-9-20(17)30(3,28)29)13-16(25-18)12-15-7-6-10-21(23-2)26-15;1-12-21-18-14(22-13-7-3-4-8-15(13)28(2,25)26)11-16(20)23-19(18)24(12)17-9-5-6-10-27-17;1-7-15-11-8(13)6-9(14)16-12(11)17(7)10-4-2-3-5-18-10;1-11(9,10)7-5-3-2-4-6(7)8;1-8-6-4-2-3-5(7)9-6/h4-5,8-12,16,24H,6-7,13-15H2,1,3H3,(H,30,31);4-10,13H,11-12H2,1,3H3,(H,25,27);3-4,7-8,11,17H,5-6,9-10H2,1-2H3,(H,22,23);6,10H,2-5H2,1H3;2-5H,8H2,1H3;2-4H,(H2,7,9). The Bertz CT molecular complexity index is 7330. The number of ether oxygens (including phenoxy) is 3. The molecule has 3 atom stereocenters. The molecule has 0 spiro atoms. The molecule has 14 heterocycles. The number of hydrogen-bond acceptors (Lipinski definition) is 27. The Morgan fingerprint density at radius 3 is 1.17 bits per heavy atom. The molecule has 14 aromatic rings. The molecule has 4 aliphatic heterocycles. The van der Waals surface area contributed by atoms with E-state index in [2.05, 4.69) is 70.4 Å². The number of nitrogens with one attached hydrogen (secondary N) is 3. The van der Waals surface area contributed by atoms with Crippen LogP contribution in [0, 0.1) is 40.5 Å². The third-order valence-electron chi connectivity index (χ3n) is 21.0. The van der Waals surface area contributed by atoms with E-state index in [-0.39, 0.29) is 38.3 Å². The van der Waals surface area contributed by atoms with Gasteiger partial charge in [-0.3, -0.25) is 23.7 Å². The van der Waals surface area contributed by atoms with Crippen LogP contribution in [0.25, 0.3) is 48.0 Å². The van der Waals surface area contributed by atoms with Crippen molar-refractivity contribution >= 4 is 182 Å². The fourth-order valence-corrected chi connectivity index (χ4v) is 19.2. The van der Waals surface area contributed by atoms with Gasteiger partial charge in [0.2, 0.25) is 5.82 Å². The highest BCUT2D eigenvalue weighted by molar-refractivity contribution is 7.91. The molecule has 682 valence electrons. The number of halogens is 3. The molecule has 0 bridgehead atoms. The first-order valence-corrected chi connectivity index (χ1v) is 50.3. The monoisotopic (exact) mass is 1910 g/mol. The van der Waals surface area contributed by atoms with E-state index < -0.39 is 39.3 Å². The molecule has 3 fully saturated rings. The maximum absolute atomic E-state index is 12.4. The molecule has 3 saturated heterocycles. The quantitative estimate of drug-likeness (QED) is 0.0321. The molecule has 0 saturated carbocycles. The van der Waals surface area contributed by atoms with Crippen molar-refractivity contribution in [2.24, 2.45) is 4.99 Å². The third-order valence-corrected chi connectivity index (χ3v) is 26.3. The number of anilines is 8. The van der Waals surface area contributed by atoms with Crippen LogP contribution in [-0.4, -0.2) is 148 Å². The minimum Gasteiger partial charge on any atom is -0.398 e. The number of pyridine rings is 7. The number of nitrogens with two attached hydrogens (primary N) is 2. The van der Waals surface area contributed by atoms with Gasteiger partial charge in [0.1, 0.15) is 80.1 Å². The van der Waals surface area contributed by atoms with Crippen molar-refractivity contribution in [2.45, 2.75) is 143 Å². The maximum atomic E-state index is 12.4. The molecule has 7 N–H and O–H groups in total. The predicted molar refractivity (Wildman–Crippen MR) is 513 cm³/mol. The normalized spacial score (nSPS) is 15.4. The van der Waals surface area contributed by atoms with Crippen molar-refractivity contribution < 1.29 is 47.9 Å². The molecule has 4 aromatic carbocycles. The maximum Gasteiger partial charge on any atom is 0.271 e. The number of nitrogen functional groups attached to an aromatic ring is 2. The number of fused-ring (bicyclic) bond motifs is 4. The Morgan fingerprint density at radius 2 is 0.765 bits per heavy atom. The lowest BCUT2D eigenvalue weighted by Gasteiger charge is -2.25. The summed E-state index contributed by atoms with van der Waals surface area (Å²) < 4.78 is 119. The first-order chi connectivity index (χ1) is 63.0. The Hall–Kier alpha value is -13.0. The van der Waals surface area contributed by atoms with Gasteiger partial charge in [-0.15, -0.1) is 15.0 Å². The molecule has 18 rings (SSSR count). The van der Waals surface area contributed by atoms with E-state index >= 15 is 0 Å². The van der Waals surface area contributed by atoms with Crippen molar-refractivity contribution in [1.82, 2.24) is 63.5 Å². The SMILES string of the molecule is CS(=O)(=O)c1ccccc1N.Cc1nc2c(Cl)cc(Cl)nc2n1C1CCCCO1.Cc1nc2c(Nc3ccccc3S(C)(=O)=O)cc(Cl)nc2n1C1CCCCO1.[C-]#[N+]c1cccc(Cc2cc(Nc3ccccc3S(C)(=O)=O)c3c(n2)CC(C)=N3)n1.[C-]#[N+]c1cccc(Cc2cc(Nc3ccccc3S(C)(=O)=O)c3nc(C)n(C4CCCCO4)c3n2)n1.[C-]#[N+]c1cccc(N)n1. The summed E-state index contributed by atoms with van der Waals surface area (Å²) in [7, 11) is -13.4. The highest BCUT2D eigenvalue weighted by Gasteiger charge is 2.30. The third kappa shape index (κ3) is 24.2. The van der Waals surface area contributed by atoms with E-state index in [4.69, 9.17) is 95.1 Å². The minimum atomic E-state index is -3.46. The van der Waals surface area contributed by atoms with Crippen molar-refractivity contribution in [2.75, 3.05) is 72.3 Å². The van der Waals surface area contributed by atoms with E-state index in [0.29, 0.717) is 150 Å². The summed E-state index contributed by atoms with van der Waals surface area (Å²) in [6.45, 7) is 30.8. The first-order valence-electron chi connectivity index (χ1n) is 41.6. The van der Waals surface area contributed by atoms with E-state index in [9.17, 15) is 33.7 Å². The molecule has 0 amide bonds. The number of hydrogen-bond donors (Lipinski definition) is 5. The van der Waals surface area contributed by atoms with Crippen LogP contribution in [0.4, 0.5) is 68.8 Å². The Labute approximate surface area is 779 Å². The van der Waals surface area contributed by atoms with E-state index in [1.165, 1.54) is 24.8 Å². The second-order valence-electron chi connectivity index (χ2n) is 31.2. The number of nitrogens with zero attached hydrogens (tertiary/aromatic N) is 17. The summed E-state index contributed by atoms with van der Waals surface area (Å²) >= 11 is 18.4. The second-order valence-corrected chi connectivity index (χ2v) is 40.3. The molecule has 0 radical (unpaired) electrons. The lowest BCUT2D eigenvalue weighted by atomic mass is 10.1. The molecule has 4 aliphatic rings. The minimum absolute atomic E-state index is 0.00853. The Balaban J connectivity index is 0.000000142. The summed E-state index contributed by atoms with van der Waals surface area (Å²) in [6.07, 6.45) is 15.1. The largest absolute Gasteiger partial charge is 0.398 e. The molecule has 3 unspecified atom stereocenters. The average molecular weight is 1920 g/mol. The summed E-state index contributed by atoms with van der Waals surface area (Å²) in [5.74, 6) is 3.80. The number of aliphatic imine (C=N–C) groups is 1. The van der Waals surface area contributed by atoms with Gasteiger partial charge in [-0.05, 0) is 183 Å². The van der Waals surface area contributed by atoms with Crippen molar-refractivity contribution in [3.05, 3.63) is 271 Å². The van der Waals surface area contributed by atoms with Gasteiger partial charge in [-0.25, -0.2) is 63.6 Å². The van der Waals surface area contributed by atoms with Crippen LogP contribution < -0.4 is 27.4 Å². The van der Waals surface area contributed by atoms with Crippen LogP contribution in [0.2, 0.25) is 15.3 Å². The van der Waals surface area contributed by atoms with Crippen molar-refractivity contribution in [1.29, 1.82) is 0 Å². The number of aryl methyl sites for hydroxylation is 3. The lowest BCUT2D eigenvalue weighted by Crippen LogP contribution is -2.19. The van der Waals surface area contributed by atoms with E-state index in [1.54, 1.807) is 146 Å². The van der Waals surface area contributed by atoms with Gasteiger partial charge in [0, 0.05) is 69.1 Å². The topological polar surface area (TPSA) is 422 Å². The Morgan fingerprint density at radius 1 is 0.394 bits per heavy atom. The number of sulfone groups is 4. The molecule has 132 heavy (non-hydrogen) atoms. The van der Waals surface area contributed by atoms with Gasteiger partial charge in [-0.1, -0.05) is 121 Å². The zero-order chi connectivity index (χ0) is 94.3. The van der Waals surface area contributed by atoms with Crippen molar-refractivity contribution in [3.63, 3.8) is 0 Å². The lowest BCUT2D eigenvalue weighted by molar-refractivity contribution is -0.0310. The number of para-hydroxylation sites is 4. The van der Waals surface area contributed by atoms with Crippen LogP contribution in [-0.2, 0) is 72.8 Å². The van der Waals surface area contributed by atoms with Crippen LogP contribution in [0.5, 0.6) is 0 Å². The van der Waals surface area contributed by atoms with Gasteiger partial charge in [0.25, 0.3) is 17.5 Å². The fraction of sp³-hybridized carbons (Fsp3) is 0.283. The Kier molecular flexibility index (Phi) is 31.1. The number of rotatable bonds is 17. The van der Waals surface area contributed by atoms with Gasteiger partial charge < -0.3 is 56.2 Å². The van der Waals surface area contributed by atoms with Crippen molar-refractivity contribution in [3.8, 4) is 0 Å². The van der Waals surface area contributed by atoms with E-state index in [1.807, 2.05) is 65.7 Å². The molecule has 0 aliphatic carbocycles. The number of imidazole rings is 3. The summed E-state index contributed by atoms with van der Waals surface area (Å²) in [6, 6.07) is 49.4. The van der Waals surface area contributed by atoms with Crippen LogP contribution >= 0.6 is 34.8 Å². The summed E-state index contributed by atoms with van der Waals surface area (Å²) in [4.78, 5) is 60.2. The van der Waals surface area contributed by atoms with E-state index in [0.717, 1.165) is 122 Å². The van der Waals surface area contributed by atoms with Crippen LogP contribution in [0.3, 0.4) is 0 Å². The summed E-state index contributed by atoms with van der Waals surface area (Å²) in [5.41, 5.74) is 23.8. The van der Waals surface area contributed by atoms with Gasteiger partial charge in [0.15, 0.2) is 56.3 Å². The molecule has 33 nitrogen and oxygen atoms in total. The average Bonchev–Trinajstić information content (AvgIpc) is 1.63. The highest BCUT2D eigenvalue weighted by Crippen LogP contribution is 2.41. The molecular formula is C92H93Cl3N22O11S4. The fourth-order valence-electron chi connectivity index (χ4n) is 15.2. The predicted octanol–water partition coefficient (Wildman–Crippen LogP) is 19.4.